The number of ketones is 1. The van der Waals surface area contributed by atoms with E-state index in [-0.39, 0.29) is 22.6 Å². The largest absolute Gasteiger partial charge is 0.456 e. The van der Waals surface area contributed by atoms with Crippen molar-refractivity contribution in [2.45, 2.75) is 24.3 Å². The van der Waals surface area contributed by atoms with Crippen molar-refractivity contribution < 1.29 is 22.7 Å². The van der Waals surface area contributed by atoms with Crippen molar-refractivity contribution in [3.05, 3.63) is 53.6 Å². The fourth-order valence-electron chi connectivity index (χ4n) is 2.77. The van der Waals surface area contributed by atoms with Crippen LogP contribution in [0.1, 0.15) is 22.3 Å². The molecule has 164 valence electrons. The van der Waals surface area contributed by atoms with Gasteiger partial charge in [0.15, 0.2) is 12.4 Å². The quantitative estimate of drug-likeness (QED) is 0.349. The molecular formula is C20H21N3O5S3. The van der Waals surface area contributed by atoms with Crippen LogP contribution in [0.2, 0.25) is 0 Å². The van der Waals surface area contributed by atoms with Crippen molar-refractivity contribution in [2.75, 3.05) is 18.6 Å². The summed E-state index contributed by atoms with van der Waals surface area (Å²) in [5, 5.41) is 0. The van der Waals surface area contributed by atoms with Gasteiger partial charge in [0.25, 0.3) is 0 Å². The van der Waals surface area contributed by atoms with Gasteiger partial charge < -0.3 is 4.74 Å². The summed E-state index contributed by atoms with van der Waals surface area (Å²) < 4.78 is 41.6. The Balaban J connectivity index is 1.73. The molecule has 11 heteroatoms. The van der Waals surface area contributed by atoms with Crippen LogP contribution in [0.4, 0.5) is 0 Å². The Bertz CT molecular complexity index is 1180. The van der Waals surface area contributed by atoms with Crippen LogP contribution in [-0.2, 0) is 19.6 Å². The zero-order valence-corrected chi connectivity index (χ0v) is 19.4. The molecule has 1 heterocycles. The Hall–Kier alpha value is -2.34. The normalized spacial score (nSPS) is 12.6. The third-order valence-electron chi connectivity index (χ3n) is 4.45. The number of aromatic nitrogens is 2. The number of sulfonamides is 1. The minimum Gasteiger partial charge on any atom is -0.456 e. The first-order valence-electron chi connectivity index (χ1n) is 9.31. The van der Waals surface area contributed by atoms with Gasteiger partial charge in [-0.15, -0.1) is 0 Å². The number of Topliss-reactive ketones (excluding diaryl/α,β-unsaturated/α-hetero) is 1. The van der Waals surface area contributed by atoms with E-state index in [1.54, 1.807) is 36.4 Å². The van der Waals surface area contributed by atoms with E-state index in [9.17, 15) is 18.0 Å². The molecule has 0 radical (unpaired) electrons. The molecule has 8 nitrogen and oxygen atoms in total. The summed E-state index contributed by atoms with van der Waals surface area (Å²) in [6.45, 7) is 1.43. The van der Waals surface area contributed by atoms with Crippen molar-refractivity contribution in [2.24, 2.45) is 0 Å². The molecule has 0 saturated carbocycles. The van der Waals surface area contributed by atoms with Crippen LogP contribution in [0, 0.1) is 6.92 Å². The lowest BCUT2D eigenvalue weighted by Crippen LogP contribution is -2.42. The summed E-state index contributed by atoms with van der Waals surface area (Å²) in [6.07, 6.45) is 2.06. The Morgan fingerprint density at radius 3 is 2.61 bits per heavy atom. The van der Waals surface area contributed by atoms with Gasteiger partial charge in [0.1, 0.15) is 22.0 Å². The molecule has 0 fully saturated rings. The van der Waals surface area contributed by atoms with Crippen molar-refractivity contribution in [3.63, 3.8) is 0 Å². The second kappa shape index (κ2) is 10.3. The van der Waals surface area contributed by atoms with Gasteiger partial charge in [-0.05, 0) is 37.5 Å². The number of nitrogens with zero attached hydrogens (tertiary/aromatic N) is 2. The SMILES string of the molecule is CSCC[C@H](NS(=O)(=O)c1cccc2nsnc12)C(=O)OCC(=O)c1ccc(C)cc1. The maximum absolute atomic E-state index is 13.0. The van der Waals surface area contributed by atoms with E-state index in [1.165, 1.54) is 17.8 Å². The highest BCUT2D eigenvalue weighted by Gasteiger charge is 2.29. The van der Waals surface area contributed by atoms with Crippen molar-refractivity contribution >= 4 is 56.3 Å². The van der Waals surface area contributed by atoms with Crippen molar-refractivity contribution in [1.82, 2.24) is 13.5 Å². The van der Waals surface area contributed by atoms with Crippen LogP contribution in [-0.4, -0.2) is 53.6 Å². The molecule has 0 spiro atoms. The predicted octanol–water partition coefficient (Wildman–Crippen LogP) is 2.83. The number of fused-ring (bicyclic) bond motifs is 1. The first-order valence-corrected chi connectivity index (χ1v) is 12.9. The lowest BCUT2D eigenvalue weighted by atomic mass is 10.1. The molecule has 0 saturated heterocycles. The second-order valence-corrected chi connectivity index (χ2v) is 9.94. The third kappa shape index (κ3) is 5.88. The number of esters is 1. The van der Waals surface area contributed by atoms with Gasteiger partial charge in [0.2, 0.25) is 10.0 Å². The topological polar surface area (TPSA) is 115 Å². The van der Waals surface area contributed by atoms with E-state index in [0.29, 0.717) is 16.8 Å². The number of hydrogen-bond acceptors (Lipinski definition) is 9. The van der Waals surface area contributed by atoms with Crippen LogP contribution < -0.4 is 4.72 Å². The van der Waals surface area contributed by atoms with E-state index in [4.69, 9.17) is 4.74 Å². The Morgan fingerprint density at radius 1 is 1.16 bits per heavy atom. The first kappa shape index (κ1) is 23.3. The summed E-state index contributed by atoms with van der Waals surface area (Å²) in [5.41, 5.74) is 2.12. The number of rotatable bonds is 10. The monoisotopic (exact) mass is 479 g/mol. The standard InChI is InChI=1S/C20H21N3O5S3/c1-13-6-8-14(9-7-13)17(24)12-28-20(25)16(10-11-29-2)23-31(26,27)18-5-3-4-15-19(18)22-30-21-15/h3-9,16,23H,10-12H2,1-2H3/t16-/m0/s1. The fourth-order valence-corrected chi connectivity index (χ4v) is 5.23. The summed E-state index contributed by atoms with van der Waals surface area (Å²) >= 11 is 2.37. The molecule has 1 aromatic heterocycles. The summed E-state index contributed by atoms with van der Waals surface area (Å²) in [4.78, 5) is 24.9. The van der Waals surface area contributed by atoms with Gasteiger partial charge in [-0.2, -0.15) is 25.2 Å². The van der Waals surface area contributed by atoms with Crippen molar-refractivity contribution in [3.8, 4) is 0 Å². The number of aryl methyl sites for hydroxylation is 1. The Morgan fingerprint density at radius 2 is 1.90 bits per heavy atom. The number of nitrogens with one attached hydrogen (secondary N) is 1. The number of hydrogen-bond donors (Lipinski definition) is 1. The minimum absolute atomic E-state index is 0.0589. The van der Waals surface area contributed by atoms with Gasteiger partial charge in [0, 0.05) is 5.56 Å². The second-order valence-electron chi connectivity index (χ2n) is 6.74. The molecule has 0 bridgehead atoms. The highest BCUT2D eigenvalue weighted by molar-refractivity contribution is 7.98. The highest BCUT2D eigenvalue weighted by Crippen LogP contribution is 2.21. The van der Waals surface area contributed by atoms with Crippen molar-refractivity contribution in [1.29, 1.82) is 0 Å². The van der Waals surface area contributed by atoms with Gasteiger partial charge in [0.05, 0.1) is 11.7 Å². The molecule has 0 amide bonds. The average Bonchev–Trinajstić information content (AvgIpc) is 3.24. The third-order valence-corrected chi connectivity index (χ3v) is 7.14. The molecule has 3 rings (SSSR count). The maximum Gasteiger partial charge on any atom is 0.324 e. The maximum atomic E-state index is 13.0. The Kier molecular flexibility index (Phi) is 7.76. The Labute approximate surface area is 188 Å². The van der Waals surface area contributed by atoms with E-state index in [2.05, 4.69) is 13.5 Å². The number of carbonyl (C=O) groups is 2. The number of ether oxygens (including phenoxy) is 1. The van der Waals surface area contributed by atoms with Crippen LogP contribution in [0.5, 0.6) is 0 Å². The summed E-state index contributed by atoms with van der Waals surface area (Å²) in [6, 6.07) is 10.4. The molecule has 3 aromatic rings. The van der Waals surface area contributed by atoms with Crippen LogP contribution >= 0.6 is 23.5 Å². The van der Waals surface area contributed by atoms with E-state index in [0.717, 1.165) is 17.3 Å². The number of carbonyl (C=O) groups excluding carboxylic acids is 2. The van der Waals surface area contributed by atoms with Crippen LogP contribution in [0.15, 0.2) is 47.4 Å². The molecule has 31 heavy (non-hydrogen) atoms. The smallest absolute Gasteiger partial charge is 0.324 e. The van der Waals surface area contributed by atoms with E-state index >= 15 is 0 Å². The molecule has 1 atom stereocenters. The zero-order chi connectivity index (χ0) is 22.4. The lowest BCUT2D eigenvalue weighted by molar-refractivity contribution is -0.144. The van der Waals surface area contributed by atoms with Crippen LogP contribution in [0.3, 0.4) is 0 Å². The minimum atomic E-state index is -4.07. The predicted molar refractivity (Wildman–Crippen MR) is 121 cm³/mol. The molecule has 0 unspecified atom stereocenters. The fraction of sp³-hybridized carbons (Fsp3) is 0.300. The molecule has 0 aliphatic rings. The zero-order valence-electron chi connectivity index (χ0n) is 16.9. The number of benzene rings is 2. The first-order chi connectivity index (χ1) is 14.8. The summed E-state index contributed by atoms with van der Waals surface area (Å²) in [5.74, 6) is -0.642. The van der Waals surface area contributed by atoms with E-state index in [1.807, 2.05) is 13.2 Å². The number of thioether (sulfide) groups is 1. The van der Waals surface area contributed by atoms with Gasteiger partial charge in [-0.25, -0.2) is 8.42 Å². The van der Waals surface area contributed by atoms with Gasteiger partial charge >= 0.3 is 5.97 Å². The van der Waals surface area contributed by atoms with Gasteiger partial charge in [-0.3, -0.25) is 9.59 Å². The van der Waals surface area contributed by atoms with Crippen LogP contribution in [0.25, 0.3) is 11.0 Å². The summed E-state index contributed by atoms with van der Waals surface area (Å²) in [7, 11) is -4.07. The van der Waals surface area contributed by atoms with E-state index < -0.39 is 28.6 Å². The highest BCUT2D eigenvalue weighted by atomic mass is 32.2. The average molecular weight is 480 g/mol. The molecule has 2 aromatic carbocycles. The molecule has 1 N–H and O–H groups in total. The lowest BCUT2D eigenvalue weighted by Gasteiger charge is -2.17. The molecular weight excluding hydrogens is 458 g/mol. The molecule has 0 aliphatic heterocycles. The van der Waals surface area contributed by atoms with Gasteiger partial charge in [-0.1, -0.05) is 35.9 Å². The molecule has 0 aliphatic carbocycles.